The van der Waals surface area contributed by atoms with Gasteiger partial charge < -0.3 is 23.8 Å². The number of hydrogen-bond acceptors (Lipinski definition) is 7. The molecule has 42 heavy (non-hydrogen) atoms. The lowest BCUT2D eigenvalue weighted by Gasteiger charge is -2.39. The minimum Gasteiger partial charge on any atom is -0.460 e. The zero-order valence-corrected chi connectivity index (χ0v) is 24.5. The predicted molar refractivity (Wildman–Crippen MR) is 159 cm³/mol. The number of aryl methyl sites for hydroxylation is 1. The molecule has 0 bridgehead atoms. The monoisotopic (exact) mass is 570 g/mol. The Morgan fingerprint density at radius 1 is 1.02 bits per heavy atom. The molecule has 9 heteroatoms. The highest BCUT2D eigenvalue weighted by atomic mass is 16.6. The first-order valence-electron chi connectivity index (χ1n) is 15.6. The number of pyridine rings is 2. The lowest BCUT2D eigenvalue weighted by molar-refractivity contribution is -0.148. The topological polar surface area (TPSA) is 94.0 Å². The number of fused-ring (bicyclic) bond motifs is 5. The Balaban J connectivity index is 1.15. The van der Waals surface area contributed by atoms with Crippen LogP contribution in [0.25, 0.3) is 22.3 Å². The third-order valence-electron chi connectivity index (χ3n) is 9.78. The van der Waals surface area contributed by atoms with E-state index in [1.54, 1.807) is 10.6 Å². The molecule has 0 saturated carbocycles. The van der Waals surface area contributed by atoms with Gasteiger partial charge in [-0.3, -0.25) is 9.59 Å². The van der Waals surface area contributed by atoms with E-state index >= 15 is 0 Å². The maximum atomic E-state index is 13.6. The van der Waals surface area contributed by atoms with Gasteiger partial charge in [-0.1, -0.05) is 20.3 Å². The van der Waals surface area contributed by atoms with Crippen LogP contribution in [-0.4, -0.2) is 63.6 Å². The molecule has 0 radical (unpaired) electrons. The van der Waals surface area contributed by atoms with Crippen molar-refractivity contribution in [1.29, 1.82) is 0 Å². The zero-order chi connectivity index (χ0) is 29.0. The summed E-state index contributed by atoms with van der Waals surface area (Å²) in [5, 5.41) is 0.931. The van der Waals surface area contributed by atoms with E-state index in [2.05, 4.69) is 11.8 Å². The molecule has 4 aliphatic rings. The Kier molecular flexibility index (Phi) is 7.00. The van der Waals surface area contributed by atoms with E-state index in [1.165, 1.54) is 32.4 Å². The van der Waals surface area contributed by atoms with Crippen molar-refractivity contribution in [3.63, 3.8) is 0 Å². The summed E-state index contributed by atoms with van der Waals surface area (Å²) in [6.07, 6.45) is 6.89. The van der Waals surface area contributed by atoms with Crippen molar-refractivity contribution in [3.05, 3.63) is 56.9 Å². The van der Waals surface area contributed by atoms with Gasteiger partial charge in [0.05, 0.1) is 34.9 Å². The first kappa shape index (κ1) is 27.1. The van der Waals surface area contributed by atoms with E-state index < -0.39 is 5.92 Å². The SMILES string of the molecule is CCc1c2c(nc3ccc(OC(=O)N4CCC(N5CCCCC5)CC4)cc13)-c1cc3c(c(=O)n1C2)COC(=O)C3CC. The average Bonchev–Trinajstić information content (AvgIpc) is 3.38. The van der Waals surface area contributed by atoms with E-state index in [1.807, 2.05) is 30.0 Å². The molecule has 1 amide bonds. The predicted octanol–water partition coefficient (Wildman–Crippen LogP) is 4.99. The van der Waals surface area contributed by atoms with Crippen molar-refractivity contribution in [3.8, 4) is 17.1 Å². The quantitative estimate of drug-likeness (QED) is 0.319. The third-order valence-corrected chi connectivity index (χ3v) is 9.78. The second kappa shape index (κ2) is 10.8. The van der Waals surface area contributed by atoms with Gasteiger partial charge in [0.25, 0.3) is 5.56 Å². The minimum absolute atomic E-state index is 0.0147. The number of esters is 1. The van der Waals surface area contributed by atoms with Gasteiger partial charge in [-0.25, -0.2) is 9.78 Å². The van der Waals surface area contributed by atoms with Crippen LogP contribution < -0.4 is 10.3 Å². The van der Waals surface area contributed by atoms with Gasteiger partial charge in [0.15, 0.2) is 0 Å². The maximum absolute atomic E-state index is 13.6. The lowest BCUT2D eigenvalue weighted by atomic mass is 9.90. The average molecular weight is 571 g/mol. The molecule has 6 heterocycles. The maximum Gasteiger partial charge on any atom is 0.415 e. The van der Waals surface area contributed by atoms with E-state index in [0.29, 0.717) is 30.3 Å². The van der Waals surface area contributed by atoms with Crippen LogP contribution in [0.3, 0.4) is 0 Å². The molecular weight excluding hydrogens is 532 g/mol. The fourth-order valence-corrected chi connectivity index (χ4v) is 7.49. The highest BCUT2D eigenvalue weighted by Gasteiger charge is 2.35. The van der Waals surface area contributed by atoms with Gasteiger partial charge in [-0.05, 0) is 87.0 Å². The lowest BCUT2D eigenvalue weighted by Crippen LogP contribution is -2.48. The zero-order valence-electron chi connectivity index (χ0n) is 24.5. The number of amides is 1. The van der Waals surface area contributed by atoms with E-state index in [9.17, 15) is 14.4 Å². The molecule has 1 unspecified atom stereocenters. The van der Waals surface area contributed by atoms with Gasteiger partial charge in [-0.15, -0.1) is 0 Å². The number of benzene rings is 1. The molecule has 2 saturated heterocycles. The largest absolute Gasteiger partial charge is 0.460 e. The van der Waals surface area contributed by atoms with Crippen molar-refractivity contribution in [1.82, 2.24) is 19.4 Å². The van der Waals surface area contributed by atoms with Crippen molar-refractivity contribution >= 4 is 23.0 Å². The molecule has 0 aliphatic carbocycles. The molecule has 0 spiro atoms. The molecule has 7 rings (SSSR count). The van der Waals surface area contributed by atoms with Gasteiger partial charge in [-0.2, -0.15) is 0 Å². The summed E-state index contributed by atoms with van der Waals surface area (Å²) in [6, 6.07) is 8.15. The second-order valence-electron chi connectivity index (χ2n) is 12.1. The Hall–Kier alpha value is -3.72. The first-order valence-corrected chi connectivity index (χ1v) is 15.6. The van der Waals surface area contributed by atoms with E-state index in [-0.39, 0.29) is 24.2 Å². The number of likely N-dealkylation sites (tertiary alicyclic amines) is 2. The number of hydrogen-bond donors (Lipinski definition) is 0. The van der Waals surface area contributed by atoms with E-state index in [4.69, 9.17) is 14.5 Å². The van der Waals surface area contributed by atoms with Crippen LogP contribution in [0, 0.1) is 0 Å². The Morgan fingerprint density at radius 3 is 2.55 bits per heavy atom. The van der Waals surface area contributed by atoms with Crippen molar-refractivity contribution in [2.75, 3.05) is 26.2 Å². The Bertz CT molecular complexity index is 1630. The molecule has 4 aliphatic heterocycles. The number of cyclic esters (lactones) is 1. The number of piperidine rings is 2. The van der Waals surface area contributed by atoms with Crippen LogP contribution in [0.2, 0.25) is 0 Å². The summed E-state index contributed by atoms with van der Waals surface area (Å²) >= 11 is 0. The number of ether oxygens (including phenoxy) is 2. The van der Waals surface area contributed by atoms with Crippen molar-refractivity contribution in [2.24, 2.45) is 0 Å². The summed E-state index contributed by atoms with van der Waals surface area (Å²) in [7, 11) is 0. The highest BCUT2D eigenvalue weighted by Crippen LogP contribution is 2.39. The van der Waals surface area contributed by atoms with Crippen molar-refractivity contribution in [2.45, 2.75) is 83.9 Å². The fraction of sp³-hybridized carbons (Fsp3) is 0.515. The number of carbonyl (C=O) groups is 2. The summed E-state index contributed by atoms with van der Waals surface area (Å²) in [5.74, 6) is -0.205. The van der Waals surface area contributed by atoms with Crippen LogP contribution in [-0.2, 0) is 29.1 Å². The van der Waals surface area contributed by atoms with Crippen LogP contribution in [0.5, 0.6) is 5.75 Å². The van der Waals surface area contributed by atoms with Crippen LogP contribution in [0.15, 0.2) is 29.1 Å². The number of nitrogens with zero attached hydrogens (tertiary/aromatic N) is 4. The number of rotatable bonds is 4. The molecule has 0 N–H and O–H groups in total. The van der Waals surface area contributed by atoms with Gasteiger partial charge in [0, 0.05) is 30.1 Å². The van der Waals surface area contributed by atoms with Crippen LogP contribution in [0.1, 0.15) is 80.5 Å². The molecule has 2 fully saturated rings. The third kappa shape index (κ3) is 4.49. The minimum atomic E-state index is -0.435. The summed E-state index contributed by atoms with van der Waals surface area (Å²) in [6.45, 7) is 8.26. The molecule has 9 nitrogen and oxygen atoms in total. The summed E-state index contributed by atoms with van der Waals surface area (Å²) < 4.78 is 13.0. The molecule has 2 aromatic heterocycles. The Morgan fingerprint density at radius 2 is 1.81 bits per heavy atom. The van der Waals surface area contributed by atoms with Crippen LogP contribution in [0.4, 0.5) is 4.79 Å². The summed E-state index contributed by atoms with van der Waals surface area (Å²) in [5.41, 5.74) is 5.64. The molecule has 220 valence electrons. The van der Waals surface area contributed by atoms with E-state index in [0.717, 1.165) is 71.3 Å². The molecule has 3 aromatic rings. The molecular formula is C33H38N4O5. The highest BCUT2D eigenvalue weighted by molar-refractivity contribution is 5.90. The van der Waals surface area contributed by atoms with Gasteiger partial charge >= 0.3 is 12.1 Å². The standard InChI is InChI=1S/C33H38N4O5/c1-3-22-25-16-21(42-33(40)36-14-10-20(11-15-36)35-12-6-5-7-13-35)8-9-28(25)34-30-26(22)18-37-29(30)17-24-23(4-2)32(39)41-19-27(24)31(37)38/h8-9,16-17,20,23H,3-7,10-15,18-19H2,1-2H3. The number of aromatic nitrogens is 2. The van der Waals surface area contributed by atoms with Crippen LogP contribution >= 0.6 is 0 Å². The molecule has 1 atom stereocenters. The summed E-state index contributed by atoms with van der Waals surface area (Å²) in [4.78, 5) is 48.5. The Labute approximate surface area is 245 Å². The van der Waals surface area contributed by atoms with Gasteiger partial charge in [0.1, 0.15) is 12.4 Å². The first-order chi connectivity index (χ1) is 20.5. The van der Waals surface area contributed by atoms with Crippen molar-refractivity contribution < 1.29 is 19.1 Å². The number of carbonyl (C=O) groups excluding carboxylic acids is 2. The fourth-order valence-electron chi connectivity index (χ4n) is 7.49. The normalized spacial score (nSPS) is 20.7. The molecule has 1 aromatic carbocycles. The van der Waals surface area contributed by atoms with Gasteiger partial charge in [0.2, 0.25) is 0 Å². The second-order valence-corrected chi connectivity index (χ2v) is 12.1. The smallest absolute Gasteiger partial charge is 0.415 e.